The maximum atomic E-state index is 10.6. The van der Waals surface area contributed by atoms with Gasteiger partial charge in [0.1, 0.15) is 0 Å². The molecule has 4 heteroatoms. The van der Waals surface area contributed by atoms with Gasteiger partial charge < -0.3 is 9.84 Å². The Morgan fingerprint density at radius 2 is 2.27 bits per heavy atom. The lowest BCUT2D eigenvalue weighted by molar-refractivity contribution is -0.137. The monoisotopic (exact) mass is 178 g/mol. The number of unbranched alkanes of at least 4 members (excludes halogenated alkanes) is 1. The highest BCUT2D eigenvalue weighted by atomic mass is 32.2. The molecule has 0 atom stereocenters. The predicted molar refractivity (Wildman–Crippen MR) is 45.7 cm³/mol. The summed E-state index contributed by atoms with van der Waals surface area (Å²) in [6.45, 7) is 0.235. The summed E-state index contributed by atoms with van der Waals surface area (Å²) in [7, 11) is 1.39. The summed E-state index contributed by atoms with van der Waals surface area (Å²) >= 11 is 1.54. The van der Waals surface area contributed by atoms with Gasteiger partial charge in [-0.3, -0.25) is 4.79 Å². The molecule has 11 heavy (non-hydrogen) atoms. The Labute approximate surface area is 71.1 Å². The molecule has 0 aromatic heterocycles. The molecule has 0 aliphatic heterocycles. The molecule has 0 rings (SSSR count). The number of ether oxygens (including phenoxy) is 1. The van der Waals surface area contributed by atoms with E-state index >= 15 is 0 Å². The van der Waals surface area contributed by atoms with Crippen LogP contribution >= 0.6 is 11.8 Å². The van der Waals surface area contributed by atoms with Crippen molar-refractivity contribution < 1.29 is 14.6 Å². The summed E-state index contributed by atoms with van der Waals surface area (Å²) in [6, 6.07) is 0. The van der Waals surface area contributed by atoms with Crippen LogP contribution in [0.25, 0.3) is 0 Å². The van der Waals surface area contributed by atoms with Gasteiger partial charge in [-0.1, -0.05) is 0 Å². The molecule has 3 nitrogen and oxygen atoms in total. The highest BCUT2D eigenvalue weighted by molar-refractivity contribution is 7.99. The first-order valence-electron chi connectivity index (χ1n) is 3.56. The number of carbonyl (C=O) groups excluding carboxylic acids is 1. The summed E-state index contributed by atoms with van der Waals surface area (Å²) in [5.41, 5.74) is 0. The van der Waals surface area contributed by atoms with Gasteiger partial charge in [0.25, 0.3) is 0 Å². The van der Waals surface area contributed by atoms with Crippen molar-refractivity contribution in [3.05, 3.63) is 0 Å². The van der Waals surface area contributed by atoms with Crippen LogP contribution < -0.4 is 0 Å². The summed E-state index contributed by atoms with van der Waals surface area (Å²) < 4.78 is 4.45. The number of methoxy groups -OCH3 is 1. The fraction of sp³-hybridized carbons (Fsp3) is 0.857. The Morgan fingerprint density at radius 3 is 2.82 bits per heavy atom. The molecule has 0 fully saturated rings. The van der Waals surface area contributed by atoms with Crippen LogP contribution in [0.4, 0.5) is 0 Å². The van der Waals surface area contributed by atoms with E-state index in [1.165, 1.54) is 7.11 Å². The van der Waals surface area contributed by atoms with Crippen molar-refractivity contribution in [2.45, 2.75) is 12.8 Å². The normalized spacial score (nSPS) is 9.64. The van der Waals surface area contributed by atoms with Gasteiger partial charge in [-0.15, -0.1) is 0 Å². The van der Waals surface area contributed by atoms with Crippen molar-refractivity contribution in [3.63, 3.8) is 0 Å². The zero-order chi connectivity index (χ0) is 8.53. The molecule has 66 valence electrons. The van der Waals surface area contributed by atoms with Crippen molar-refractivity contribution in [3.8, 4) is 0 Å². The van der Waals surface area contributed by atoms with E-state index in [2.05, 4.69) is 4.74 Å². The smallest absolute Gasteiger partial charge is 0.315 e. The Hall–Kier alpha value is -0.220. The van der Waals surface area contributed by atoms with Crippen LogP contribution in [0.2, 0.25) is 0 Å². The molecule has 0 spiro atoms. The number of aliphatic hydroxyl groups is 1. The lowest BCUT2D eigenvalue weighted by Crippen LogP contribution is -2.03. The molecule has 0 heterocycles. The molecule has 0 saturated heterocycles. The number of hydrogen-bond donors (Lipinski definition) is 1. The van der Waals surface area contributed by atoms with Crippen LogP contribution in [0.15, 0.2) is 0 Å². The van der Waals surface area contributed by atoms with Gasteiger partial charge in [0.2, 0.25) is 0 Å². The number of rotatable bonds is 6. The molecule has 0 aliphatic carbocycles. The molecule has 0 bridgehead atoms. The van der Waals surface area contributed by atoms with E-state index < -0.39 is 0 Å². The van der Waals surface area contributed by atoms with Gasteiger partial charge in [-0.05, 0) is 18.6 Å². The topological polar surface area (TPSA) is 46.5 Å². The van der Waals surface area contributed by atoms with Crippen LogP contribution in [0.5, 0.6) is 0 Å². The Kier molecular flexibility index (Phi) is 7.72. The van der Waals surface area contributed by atoms with Crippen LogP contribution in [-0.2, 0) is 9.53 Å². The van der Waals surface area contributed by atoms with Gasteiger partial charge in [0.05, 0.1) is 12.9 Å². The highest BCUT2D eigenvalue weighted by Gasteiger charge is 1.98. The number of thioether (sulfide) groups is 1. The number of esters is 1. The summed E-state index contributed by atoms with van der Waals surface area (Å²) in [5.74, 6) is 1.15. The average Bonchev–Trinajstić information content (AvgIpc) is 2.04. The number of aliphatic hydroxyl groups excluding tert-OH is 1. The summed E-state index contributed by atoms with van der Waals surface area (Å²) in [6.07, 6.45) is 1.77. The minimum Gasteiger partial charge on any atom is -0.468 e. The van der Waals surface area contributed by atoms with E-state index in [0.29, 0.717) is 5.75 Å². The molecular weight excluding hydrogens is 164 g/mol. The van der Waals surface area contributed by atoms with E-state index in [0.717, 1.165) is 18.6 Å². The molecule has 0 aromatic carbocycles. The van der Waals surface area contributed by atoms with Crippen molar-refractivity contribution in [2.24, 2.45) is 0 Å². The van der Waals surface area contributed by atoms with Gasteiger partial charge >= 0.3 is 5.97 Å². The van der Waals surface area contributed by atoms with Crippen molar-refractivity contribution in [1.82, 2.24) is 0 Å². The summed E-state index contributed by atoms with van der Waals surface area (Å²) in [4.78, 5) is 10.6. The highest BCUT2D eigenvalue weighted by Crippen LogP contribution is 2.04. The first-order valence-corrected chi connectivity index (χ1v) is 4.72. The van der Waals surface area contributed by atoms with Crippen LogP contribution in [-0.4, -0.2) is 36.3 Å². The first kappa shape index (κ1) is 10.8. The van der Waals surface area contributed by atoms with E-state index in [9.17, 15) is 4.79 Å². The van der Waals surface area contributed by atoms with Crippen molar-refractivity contribution in [2.75, 3.05) is 25.2 Å². The zero-order valence-electron chi connectivity index (χ0n) is 6.71. The van der Waals surface area contributed by atoms with Gasteiger partial charge in [-0.2, -0.15) is 11.8 Å². The van der Waals surface area contributed by atoms with Crippen LogP contribution in [0.1, 0.15) is 12.8 Å². The molecule has 0 aromatic rings. The molecular formula is C7H14O3S. The second kappa shape index (κ2) is 7.88. The second-order valence-corrected chi connectivity index (χ2v) is 3.16. The fourth-order valence-electron chi connectivity index (χ4n) is 0.530. The van der Waals surface area contributed by atoms with Crippen LogP contribution in [0, 0.1) is 0 Å². The number of hydrogen-bond acceptors (Lipinski definition) is 4. The van der Waals surface area contributed by atoms with Gasteiger partial charge in [0, 0.05) is 6.61 Å². The summed E-state index contributed by atoms with van der Waals surface area (Å²) in [5, 5.41) is 8.42. The largest absolute Gasteiger partial charge is 0.468 e. The van der Waals surface area contributed by atoms with E-state index in [-0.39, 0.29) is 12.6 Å². The van der Waals surface area contributed by atoms with Crippen LogP contribution in [0.3, 0.4) is 0 Å². The number of carbonyl (C=O) groups is 1. The quantitative estimate of drug-likeness (QED) is 0.479. The third-order valence-corrected chi connectivity index (χ3v) is 2.16. The first-order chi connectivity index (χ1) is 5.31. The maximum Gasteiger partial charge on any atom is 0.315 e. The molecule has 0 saturated carbocycles. The zero-order valence-corrected chi connectivity index (χ0v) is 7.52. The Morgan fingerprint density at radius 1 is 1.55 bits per heavy atom. The Bertz CT molecular complexity index is 106. The average molecular weight is 178 g/mol. The van der Waals surface area contributed by atoms with Gasteiger partial charge in [-0.25, -0.2) is 0 Å². The van der Waals surface area contributed by atoms with Crippen molar-refractivity contribution in [1.29, 1.82) is 0 Å². The third kappa shape index (κ3) is 7.68. The molecule has 0 radical (unpaired) electrons. The third-order valence-electron chi connectivity index (χ3n) is 1.14. The second-order valence-electron chi connectivity index (χ2n) is 2.06. The lowest BCUT2D eigenvalue weighted by atomic mass is 10.4. The van der Waals surface area contributed by atoms with Crippen molar-refractivity contribution >= 4 is 17.7 Å². The standard InChI is InChI=1S/C7H14O3S/c1-10-7(9)6-11-5-3-2-4-8/h8H,2-6H2,1H3. The van der Waals surface area contributed by atoms with E-state index in [1.807, 2.05) is 0 Å². The lowest BCUT2D eigenvalue weighted by Gasteiger charge is -1.98. The van der Waals surface area contributed by atoms with E-state index in [1.54, 1.807) is 11.8 Å². The van der Waals surface area contributed by atoms with Gasteiger partial charge in [0.15, 0.2) is 0 Å². The molecule has 0 amide bonds. The van der Waals surface area contributed by atoms with E-state index in [4.69, 9.17) is 5.11 Å². The Balaban J connectivity index is 2.95. The fourth-order valence-corrected chi connectivity index (χ4v) is 1.37. The molecule has 0 aliphatic rings. The maximum absolute atomic E-state index is 10.6. The SMILES string of the molecule is COC(=O)CSCCCCO. The molecule has 1 N–H and O–H groups in total. The predicted octanol–water partition coefficient (Wildman–Crippen LogP) is 0.665. The minimum atomic E-state index is -0.181. The minimum absolute atomic E-state index is 0.181. The molecule has 0 unspecified atom stereocenters.